The summed E-state index contributed by atoms with van der Waals surface area (Å²) < 4.78 is 0. The van der Waals surface area contributed by atoms with Crippen molar-refractivity contribution in [2.75, 3.05) is 0 Å². The second kappa shape index (κ2) is 8.10. The Hall–Kier alpha value is -3.54. The SMILES string of the molecule is O=CC1=[P+]2C(c3ccccc3)CC(=C1c1ccccc1)C2(c1ccccc1)c1ccccc1. The molecular weight excluding hydrogens is 419 g/mol. The summed E-state index contributed by atoms with van der Waals surface area (Å²) in [5.41, 5.74) is 7.97. The van der Waals surface area contributed by atoms with Gasteiger partial charge in [0.05, 0.1) is 0 Å². The van der Waals surface area contributed by atoms with Gasteiger partial charge in [0, 0.05) is 28.7 Å². The lowest BCUT2D eigenvalue weighted by Gasteiger charge is -2.24. The number of benzene rings is 4. The van der Waals surface area contributed by atoms with Crippen LogP contribution in [0.25, 0.3) is 5.57 Å². The molecule has 0 N–H and O–H groups in total. The van der Waals surface area contributed by atoms with E-state index in [1.54, 1.807) is 0 Å². The summed E-state index contributed by atoms with van der Waals surface area (Å²) in [5, 5.41) is 0.707. The minimum Gasteiger partial charge on any atom is -0.294 e. The summed E-state index contributed by atoms with van der Waals surface area (Å²) in [6, 6.07) is 43.0. The van der Waals surface area contributed by atoms with Crippen molar-refractivity contribution >= 4 is 24.7 Å². The zero-order chi connectivity index (χ0) is 22.3. The van der Waals surface area contributed by atoms with Gasteiger partial charge in [0.1, 0.15) is 13.2 Å². The predicted molar refractivity (Wildman–Crippen MR) is 139 cm³/mol. The van der Waals surface area contributed by atoms with Crippen molar-refractivity contribution < 1.29 is 4.79 Å². The first-order valence-corrected chi connectivity index (χ1v) is 12.8. The molecule has 2 bridgehead atoms. The number of rotatable bonds is 5. The van der Waals surface area contributed by atoms with Crippen LogP contribution in [0.4, 0.5) is 0 Å². The molecule has 6 rings (SSSR count). The third-order valence-electron chi connectivity index (χ3n) is 7.07. The summed E-state index contributed by atoms with van der Waals surface area (Å²) in [5.74, 6) is 0. The fourth-order valence-corrected chi connectivity index (χ4v) is 9.82. The third kappa shape index (κ3) is 2.93. The summed E-state index contributed by atoms with van der Waals surface area (Å²) in [7, 11) is -0.861. The average Bonchev–Trinajstić information content (AvgIpc) is 3.40. The van der Waals surface area contributed by atoms with Crippen molar-refractivity contribution in [2.45, 2.75) is 17.2 Å². The fraction of sp³-hybridized carbons (Fsp3) is 0.0968. The second-order valence-corrected chi connectivity index (χ2v) is 11.2. The monoisotopic (exact) mass is 443 g/mol. The minimum atomic E-state index is -0.861. The molecule has 1 saturated heterocycles. The van der Waals surface area contributed by atoms with Gasteiger partial charge in [-0.1, -0.05) is 121 Å². The van der Waals surface area contributed by atoms with E-state index in [9.17, 15) is 4.79 Å². The third-order valence-corrected chi connectivity index (χ3v) is 10.5. The van der Waals surface area contributed by atoms with Gasteiger partial charge >= 0.3 is 0 Å². The number of fused-ring (bicyclic) bond motifs is 2. The molecule has 2 heterocycles. The van der Waals surface area contributed by atoms with Gasteiger partial charge in [0.25, 0.3) is 0 Å². The Morgan fingerprint density at radius 2 is 1.15 bits per heavy atom. The van der Waals surface area contributed by atoms with E-state index in [1.165, 1.54) is 27.8 Å². The van der Waals surface area contributed by atoms with E-state index in [0.29, 0.717) is 5.66 Å². The molecule has 2 unspecified atom stereocenters. The molecule has 2 atom stereocenters. The van der Waals surface area contributed by atoms with E-state index in [2.05, 4.69) is 115 Å². The number of aldehydes is 1. The molecule has 0 aromatic heterocycles. The highest BCUT2D eigenvalue weighted by Gasteiger charge is 2.66. The molecule has 33 heavy (non-hydrogen) atoms. The van der Waals surface area contributed by atoms with Gasteiger partial charge in [0.2, 0.25) is 0 Å². The van der Waals surface area contributed by atoms with Crippen LogP contribution in [0.2, 0.25) is 0 Å². The van der Waals surface area contributed by atoms with Crippen molar-refractivity contribution in [3.8, 4) is 0 Å². The molecule has 4 aromatic rings. The largest absolute Gasteiger partial charge is 0.294 e. The first kappa shape index (κ1) is 20.1. The number of hydrogen-bond donors (Lipinski definition) is 0. The van der Waals surface area contributed by atoms with E-state index in [0.717, 1.165) is 23.6 Å². The zero-order valence-electron chi connectivity index (χ0n) is 18.3. The van der Waals surface area contributed by atoms with Gasteiger partial charge in [-0.05, 0) is 11.1 Å². The van der Waals surface area contributed by atoms with E-state index in [4.69, 9.17) is 0 Å². The highest BCUT2D eigenvalue weighted by atomic mass is 31.1. The minimum absolute atomic E-state index is 0.292. The van der Waals surface area contributed by atoms with Crippen molar-refractivity contribution in [3.63, 3.8) is 0 Å². The van der Waals surface area contributed by atoms with Crippen LogP contribution in [0.1, 0.15) is 34.3 Å². The summed E-state index contributed by atoms with van der Waals surface area (Å²) in [6.45, 7) is 0. The van der Waals surface area contributed by atoms with Crippen molar-refractivity contribution in [1.82, 2.24) is 0 Å². The summed E-state index contributed by atoms with van der Waals surface area (Å²) in [4.78, 5) is 12.9. The Balaban J connectivity index is 1.74. The van der Waals surface area contributed by atoms with E-state index < -0.39 is 7.55 Å². The van der Waals surface area contributed by atoms with Gasteiger partial charge in [0.15, 0.2) is 16.7 Å². The Bertz CT molecular complexity index is 1330. The molecule has 2 aliphatic heterocycles. The van der Waals surface area contributed by atoms with Crippen molar-refractivity contribution in [1.29, 1.82) is 0 Å². The fourth-order valence-electron chi connectivity index (χ4n) is 5.85. The Morgan fingerprint density at radius 1 is 0.667 bits per heavy atom. The molecule has 2 aliphatic rings. The normalized spacial score (nSPS) is 19.7. The Morgan fingerprint density at radius 3 is 1.67 bits per heavy atom. The van der Waals surface area contributed by atoms with Crippen LogP contribution >= 0.6 is 7.55 Å². The van der Waals surface area contributed by atoms with E-state index >= 15 is 0 Å². The molecule has 0 aliphatic carbocycles. The van der Waals surface area contributed by atoms with Gasteiger partial charge < -0.3 is 0 Å². The maximum Gasteiger partial charge on any atom is 0.199 e. The lowest BCUT2D eigenvalue weighted by molar-refractivity contribution is -0.102. The lowest BCUT2D eigenvalue weighted by atomic mass is 9.78. The van der Waals surface area contributed by atoms with Crippen LogP contribution in [-0.2, 0) is 9.95 Å². The number of allylic oxidation sites excluding steroid dienone is 2. The quantitative estimate of drug-likeness (QED) is 0.232. The van der Waals surface area contributed by atoms with Crippen LogP contribution < -0.4 is 0 Å². The number of hydrogen-bond acceptors (Lipinski definition) is 1. The Labute approximate surface area is 195 Å². The standard InChI is InChI=1S/C31H24OP/c32-22-29-30(24-15-7-2-8-16-24)27-21-28(23-13-5-1-6-14-23)33(29)31(27,25-17-9-3-10-18-25)26-19-11-4-12-20-26/h1-20,22,28H,21H2/q+1. The first-order chi connectivity index (χ1) is 16.4. The van der Waals surface area contributed by atoms with Gasteiger partial charge in [-0.2, -0.15) is 0 Å². The highest BCUT2D eigenvalue weighted by Crippen LogP contribution is 2.77. The molecule has 158 valence electrons. The van der Waals surface area contributed by atoms with E-state index in [1.807, 2.05) is 6.07 Å². The van der Waals surface area contributed by atoms with Gasteiger partial charge in [-0.25, -0.2) is 0 Å². The Kier molecular flexibility index (Phi) is 4.93. The molecule has 0 saturated carbocycles. The summed E-state index contributed by atoms with van der Waals surface area (Å²) in [6.07, 6.45) is 2.14. The number of carbonyl (C=O) groups excluding carboxylic acids is 1. The average molecular weight is 444 g/mol. The van der Waals surface area contributed by atoms with Crippen LogP contribution in [-0.4, -0.2) is 11.6 Å². The van der Waals surface area contributed by atoms with Gasteiger partial charge in [-0.3, -0.25) is 4.79 Å². The molecule has 4 aromatic carbocycles. The molecule has 0 radical (unpaired) electrons. The molecular formula is C31H24OP+. The van der Waals surface area contributed by atoms with Crippen LogP contribution in [0, 0.1) is 0 Å². The maximum absolute atomic E-state index is 12.9. The highest BCUT2D eigenvalue weighted by molar-refractivity contribution is 7.65. The van der Waals surface area contributed by atoms with Crippen LogP contribution in [0.3, 0.4) is 0 Å². The molecule has 0 spiro atoms. The molecule has 1 nitrogen and oxygen atoms in total. The van der Waals surface area contributed by atoms with Gasteiger partial charge in [-0.15, -0.1) is 0 Å². The van der Waals surface area contributed by atoms with E-state index in [-0.39, 0.29) is 5.16 Å². The maximum atomic E-state index is 12.9. The number of carbonyl (C=O) groups is 1. The van der Waals surface area contributed by atoms with Crippen molar-refractivity contribution in [3.05, 3.63) is 149 Å². The van der Waals surface area contributed by atoms with Crippen molar-refractivity contribution in [2.24, 2.45) is 0 Å². The second-order valence-electron chi connectivity index (χ2n) is 8.67. The smallest absolute Gasteiger partial charge is 0.199 e. The summed E-state index contributed by atoms with van der Waals surface area (Å²) >= 11 is 0. The van der Waals surface area contributed by atoms with Crippen LogP contribution in [0.5, 0.6) is 0 Å². The lowest BCUT2D eigenvalue weighted by Crippen LogP contribution is -2.21. The topological polar surface area (TPSA) is 17.1 Å². The predicted octanol–water partition coefficient (Wildman–Crippen LogP) is 7.40. The molecule has 0 amide bonds. The molecule has 2 heteroatoms. The van der Waals surface area contributed by atoms with Crippen LogP contribution in [0.15, 0.2) is 127 Å². The molecule has 1 fully saturated rings. The first-order valence-electron chi connectivity index (χ1n) is 11.4. The zero-order valence-corrected chi connectivity index (χ0v) is 19.2.